The summed E-state index contributed by atoms with van der Waals surface area (Å²) in [5, 5.41) is 10.1. The predicted octanol–water partition coefficient (Wildman–Crippen LogP) is 3.52. The molecule has 2 aromatic carbocycles. The molecule has 1 aliphatic heterocycles. The Morgan fingerprint density at radius 1 is 1.02 bits per heavy atom. The monoisotopic (exact) mass is 594 g/mol. The van der Waals surface area contributed by atoms with Crippen molar-refractivity contribution in [2.75, 3.05) is 44.1 Å². The molecule has 3 aromatic rings. The third-order valence-electron chi connectivity index (χ3n) is 6.64. The zero-order valence-electron chi connectivity index (χ0n) is 23.7. The molecule has 0 aliphatic carbocycles. The summed E-state index contributed by atoms with van der Waals surface area (Å²) in [6.07, 6.45) is 1.61. The van der Waals surface area contributed by atoms with E-state index in [-0.39, 0.29) is 25.1 Å². The van der Waals surface area contributed by atoms with Gasteiger partial charge >= 0.3 is 0 Å². The number of thiophene rings is 1. The quantitative estimate of drug-likeness (QED) is 0.292. The van der Waals surface area contributed by atoms with Crippen LogP contribution < -0.4 is 30.3 Å². The van der Waals surface area contributed by atoms with E-state index in [4.69, 9.17) is 14.2 Å². The van der Waals surface area contributed by atoms with Gasteiger partial charge in [0.05, 0.1) is 31.7 Å². The van der Waals surface area contributed by atoms with Gasteiger partial charge < -0.3 is 30.2 Å². The zero-order valence-corrected chi connectivity index (χ0v) is 24.5. The van der Waals surface area contributed by atoms with Crippen LogP contribution >= 0.6 is 11.3 Å². The van der Waals surface area contributed by atoms with Crippen molar-refractivity contribution in [2.24, 2.45) is 0 Å². The molecule has 1 aromatic heterocycles. The van der Waals surface area contributed by atoms with Crippen molar-refractivity contribution < 1.29 is 33.4 Å². The molecule has 1 fully saturated rings. The Hall–Kier alpha value is -4.42. The number of carbonyl (C=O) groups is 4. The lowest BCUT2D eigenvalue weighted by Gasteiger charge is -2.32. The largest absolute Gasteiger partial charge is 0.493 e. The Balaban J connectivity index is 1.73. The van der Waals surface area contributed by atoms with Crippen LogP contribution in [0.3, 0.4) is 0 Å². The molecule has 4 amide bonds. The standard InChI is InChI=1S/C30H34N4O7S/c1-19(35)33-21-9-11-22(12-10-21)34(27(36)18-32-29(37)26-7-5-15-42-26)28(30(38)31-17-23-6-4-14-41-23)20-8-13-24(39-2)25(16-20)40-3/h5,7-13,15-16,23,28H,4,6,14,17-18H2,1-3H3,(H,31,38)(H,32,37)(H,33,35)/t23-,28-/m0/s1. The number of methoxy groups -OCH3 is 2. The Labute approximate surface area is 248 Å². The molecule has 12 heteroatoms. The normalized spacial score (nSPS) is 14.9. The molecule has 3 N–H and O–H groups in total. The molecular formula is C30H34N4O7S. The third-order valence-corrected chi connectivity index (χ3v) is 7.51. The van der Waals surface area contributed by atoms with Crippen molar-refractivity contribution >= 4 is 46.3 Å². The molecule has 11 nitrogen and oxygen atoms in total. The Bertz CT molecular complexity index is 1390. The number of hydrogen-bond donors (Lipinski definition) is 3. The minimum Gasteiger partial charge on any atom is -0.493 e. The van der Waals surface area contributed by atoms with Gasteiger partial charge in [-0.3, -0.25) is 24.1 Å². The maximum Gasteiger partial charge on any atom is 0.261 e. The van der Waals surface area contributed by atoms with Crippen molar-refractivity contribution in [3.63, 3.8) is 0 Å². The maximum atomic E-state index is 13.9. The molecule has 222 valence electrons. The first-order valence-corrected chi connectivity index (χ1v) is 14.3. The number of amides is 4. The minimum atomic E-state index is -1.15. The highest BCUT2D eigenvalue weighted by molar-refractivity contribution is 7.12. The van der Waals surface area contributed by atoms with Crippen molar-refractivity contribution in [1.29, 1.82) is 0 Å². The van der Waals surface area contributed by atoms with E-state index in [9.17, 15) is 19.2 Å². The lowest BCUT2D eigenvalue weighted by Crippen LogP contribution is -2.48. The van der Waals surface area contributed by atoms with Crippen LogP contribution in [-0.4, -0.2) is 63.6 Å². The molecule has 2 heterocycles. The summed E-state index contributed by atoms with van der Waals surface area (Å²) in [7, 11) is 2.99. The van der Waals surface area contributed by atoms with E-state index in [1.54, 1.807) is 60.0 Å². The van der Waals surface area contributed by atoms with E-state index in [1.165, 1.54) is 37.4 Å². The van der Waals surface area contributed by atoms with E-state index in [2.05, 4.69) is 16.0 Å². The smallest absolute Gasteiger partial charge is 0.261 e. The van der Waals surface area contributed by atoms with Crippen LogP contribution in [0, 0.1) is 0 Å². The molecule has 0 spiro atoms. The van der Waals surface area contributed by atoms with Crippen LogP contribution in [0.1, 0.15) is 41.0 Å². The Kier molecular flexibility index (Phi) is 10.5. The molecule has 0 bridgehead atoms. The van der Waals surface area contributed by atoms with Crippen LogP contribution in [0.5, 0.6) is 11.5 Å². The topological polar surface area (TPSA) is 135 Å². The first-order valence-electron chi connectivity index (χ1n) is 13.4. The Morgan fingerprint density at radius 3 is 2.40 bits per heavy atom. The first kappa shape index (κ1) is 30.5. The number of hydrogen-bond acceptors (Lipinski definition) is 8. The second-order valence-electron chi connectivity index (χ2n) is 9.55. The second-order valence-corrected chi connectivity index (χ2v) is 10.5. The van der Waals surface area contributed by atoms with Crippen molar-refractivity contribution in [3.05, 3.63) is 70.4 Å². The van der Waals surface area contributed by atoms with Gasteiger partial charge in [-0.05, 0) is 66.2 Å². The van der Waals surface area contributed by atoms with E-state index in [1.807, 2.05) is 0 Å². The molecule has 0 saturated carbocycles. The van der Waals surface area contributed by atoms with Gasteiger partial charge in [0.1, 0.15) is 6.04 Å². The number of benzene rings is 2. The Morgan fingerprint density at radius 2 is 1.79 bits per heavy atom. The fourth-order valence-corrected chi connectivity index (χ4v) is 5.28. The highest BCUT2D eigenvalue weighted by Crippen LogP contribution is 2.35. The fourth-order valence-electron chi connectivity index (χ4n) is 4.64. The molecule has 0 unspecified atom stereocenters. The first-order chi connectivity index (χ1) is 20.3. The summed E-state index contributed by atoms with van der Waals surface area (Å²) >= 11 is 1.25. The van der Waals surface area contributed by atoms with Gasteiger partial charge in [-0.15, -0.1) is 11.3 Å². The van der Waals surface area contributed by atoms with Gasteiger partial charge in [0.25, 0.3) is 5.91 Å². The van der Waals surface area contributed by atoms with Crippen LogP contribution in [0.15, 0.2) is 60.0 Å². The summed E-state index contributed by atoms with van der Waals surface area (Å²) in [4.78, 5) is 53.9. The number of nitrogens with one attached hydrogen (secondary N) is 3. The molecule has 42 heavy (non-hydrogen) atoms. The summed E-state index contributed by atoms with van der Waals surface area (Å²) in [5.74, 6) is -0.777. The summed E-state index contributed by atoms with van der Waals surface area (Å²) in [5.41, 5.74) is 1.36. The molecule has 1 saturated heterocycles. The van der Waals surface area contributed by atoms with E-state index in [0.29, 0.717) is 39.9 Å². The summed E-state index contributed by atoms with van der Waals surface area (Å²) in [6.45, 7) is 1.94. The molecule has 1 aliphatic rings. The summed E-state index contributed by atoms with van der Waals surface area (Å²) < 4.78 is 16.6. The van der Waals surface area contributed by atoms with Crippen molar-refractivity contribution in [1.82, 2.24) is 10.6 Å². The zero-order chi connectivity index (χ0) is 30.1. The van der Waals surface area contributed by atoms with Gasteiger partial charge in [-0.1, -0.05) is 12.1 Å². The van der Waals surface area contributed by atoms with Gasteiger partial charge in [0, 0.05) is 31.5 Å². The van der Waals surface area contributed by atoms with Gasteiger partial charge in [0.2, 0.25) is 17.7 Å². The van der Waals surface area contributed by atoms with Crippen molar-refractivity contribution in [2.45, 2.75) is 31.9 Å². The number of ether oxygens (including phenoxy) is 3. The average Bonchev–Trinajstić information content (AvgIpc) is 3.72. The highest BCUT2D eigenvalue weighted by atomic mass is 32.1. The highest BCUT2D eigenvalue weighted by Gasteiger charge is 2.34. The van der Waals surface area contributed by atoms with Crippen LogP contribution in [0.2, 0.25) is 0 Å². The second kappa shape index (κ2) is 14.5. The van der Waals surface area contributed by atoms with Crippen LogP contribution in [0.4, 0.5) is 11.4 Å². The number of nitrogens with zero attached hydrogens (tertiary/aromatic N) is 1. The van der Waals surface area contributed by atoms with E-state index >= 15 is 0 Å². The SMILES string of the molecule is COc1ccc([C@@H](C(=O)NC[C@@H]2CCCO2)N(C(=O)CNC(=O)c2cccs2)c2ccc(NC(C)=O)cc2)cc1OC. The fraction of sp³-hybridized carbons (Fsp3) is 0.333. The number of anilines is 2. The molecule has 2 atom stereocenters. The number of carbonyl (C=O) groups excluding carboxylic acids is 4. The van der Waals surface area contributed by atoms with Gasteiger partial charge in [0.15, 0.2) is 11.5 Å². The number of rotatable bonds is 12. The lowest BCUT2D eigenvalue weighted by atomic mass is 10.0. The van der Waals surface area contributed by atoms with Crippen molar-refractivity contribution in [3.8, 4) is 11.5 Å². The van der Waals surface area contributed by atoms with E-state index < -0.39 is 23.8 Å². The maximum absolute atomic E-state index is 13.9. The minimum absolute atomic E-state index is 0.119. The molecule has 4 rings (SSSR count). The van der Waals surface area contributed by atoms with Crippen LogP contribution in [0.25, 0.3) is 0 Å². The lowest BCUT2D eigenvalue weighted by molar-refractivity contribution is -0.126. The summed E-state index contributed by atoms with van der Waals surface area (Å²) in [6, 6.07) is 13.8. The van der Waals surface area contributed by atoms with Crippen LogP contribution in [-0.2, 0) is 19.1 Å². The molecular weight excluding hydrogens is 560 g/mol. The average molecular weight is 595 g/mol. The van der Waals surface area contributed by atoms with Gasteiger partial charge in [-0.25, -0.2) is 0 Å². The van der Waals surface area contributed by atoms with E-state index in [0.717, 1.165) is 12.8 Å². The molecule has 0 radical (unpaired) electrons. The van der Waals surface area contributed by atoms with Gasteiger partial charge in [-0.2, -0.15) is 0 Å². The third kappa shape index (κ3) is 7.65. The predicted molar refractivity (Wildman–Crippen MR) is 159 cm³/mol.